The van der Waals surface area contributed by atoms with E-state index in [2.05, 4.69) is 9.97 Å². The van der Waals surface area contributed by atoms with Crippen molar-refractivity contribution in [3.8, 4) is 0 Å². The molecule has 0 unspecified atom stereocenters. The van der Waals surface area contributed by atoms with Gasteiger partial charge in [-0.1, -0.05) is 6.92 Å². The highest BCUT2D eigenvalue weighted by Gasteiger charge is 2.11. The zero-order chi connectivity index (χ0) is 12.8. The number of hydrogen-bond donors (Lipinski definition) is 0. The third-order valence-electron chi connectivity index (χ3n) is 2.69. The van der Waals surface area contributed by atoms with Gasteiger partial charge in [-0.3, -0.25) is 4.79 Å². The molecule has 1 aromatic heterocycles. The van der Waals surface area contributed by atoms with Crippen LogP contribution in [0.2, 0.25) is 0 Å². The summed E-state index contributed by atoms with van der Waals surface area (Å²) in [6, 6.07) is 0. The lowest BCUT2D eigenvalue weighted by molar-refractivity contribution is 0.0972. The largest absolute Gasteiger partial charge is 0.346 e. The second kappa shape index (κ2) is 6.13. The molecule has 1 aromatic rings. The van der Waals surface area contributed by atoms with Crippen LogP contribution in [0, 0.1) is 13.8 Å². The molecule has 0 N–H and O–H groups in total. The molecule has 0 aliphatic heterocycles. The summed E-state index contributed by atoms with van der Waals surface area (Å²) in [5.41, 5.74) is 2.43. The number of ketones is 1. The van der Waals surface area contributed by atoms with Crippen LogP contribution in [0.5, 0.6) is 0 Å². The zero-order valence-electron chi connectivity index (χ0n) is 10.9. The highest BCUT2D eigenvalue weighted by molar-refractivity contribution is 5.95. The minimum atomic E-state index is 0.147. The van der Waals surface area contributed by atoms with Crippen molar-refractivity contribution in [2.75, 3.05) is 0 Å². The molecule has 0 bridgehead atoms. The van der Waals surface area contributed by atoms with Crippen molar-refractivity contribution >= 4 is 5.78 Å². The Morgan fingerprint density at radius 3 is 2.76 bits per heavy atom. The highest BCUT2D eigenvalue weighted by Crippen LogP contribution is 2.11. The lowest BCUT2D eigenvalue weighted by atomic mass is 10.1. The normalized spacial score (nSPS) is 9.88. The molecule has 0 amide bonds. The van der Waals surface area contributed by atoms with Gasteiger partial charge in [-0.05, 0) is 25.8 Å². The van der Waals surface area contributed by atoms with E-state index < -0.39 is 0 Å². The van der Waals surface area contributed by atoms with Gasteiger partial charge in [-0.2, -0.15) is 0 Å². The summed E-state index contributed by atoms with van der Waals surface area (Å²) in [6.45, 7) is 5.81. The van der Waals surface area contributed by atoms with Crippen LogP contribution in [0.4, 0.5) is 0 Å². The molecule has 0 fully saturated rings. The first-order valence-corrected chi connectivity index (χ1v) is 5.78. The van der Waals surface area contributed by atoms with Crippen molar-refractivity contribution in [3.63, 3.8) is 0 Å². The molecule has 1 rings (SSSR count). The van der Waals surface area contributed by atoms with Crippen LogP contribution < -0.4 is 0 Å². The Hall–Kier alpha value is -1.71. The lowest BCUT2D eigenvalue weighted by Crippen LogP contribution is -2.10. The molecule has 0 saturated carbocycles. The van der Waals surface area contributed by atoms with E-state index in [0.717, 1.165) is 17.7 Å². The maximum atomic E-state index is 12.1. The Labute approximate surface area is 102 Å². The van der Waals surface area contributed by atoms with E-state index in [9.17, 15) is 4.79 Å². The van der Waals surface area contributed by atoms with Gasteiger partial charge in [0.15, 0.2) is 5.78 Å². The number of Topliss-reactive ketones (excluding diaryl/α,β-unsaturated/α-hetero) is 1. The number of carbonyl (C=O) groups is 1. The average Bonchev–Trinajstić information content (AvgIpc) is 2.33. The number of hydrogen-bond acceptors (Lipinski definition) is 3. The number of aromatic nitrogens is 3. The van der Waals surface area contributed by atoms with Crippen molar-refractivity contribution in [1.29, 1.82) is 0 Å². The summed E-state index contributed by atoms with van der Waals surface area (Å²) < 4.78 is 1.81. The van der Waals surface area contributed by atoms with E-state index in [1.165, 1.54) is 6.33 Å². The van der Waals surface area contributed by atoms with Gasteiger partial charge in [-0.15, -0.1) is 0 Å². The van der Waals surface area contributed by atoms with Crippen LogP contribution in [0.15, 0.2) is 18.7 Å². The summed E-state index contributed by atoms with van der Waals surface area (Å²) in [4.78, 5) is 20.3. The van der Waals surface area contributed by atoms with E-state index >= 15 is 0 Å². The molecule has 0 saturated heterocycles. The molecule has 0 aliphatic carbocycles. The second-order valence-corrected chi connectivity index (χ2v) is 4.03. The molecule has 17 heavy (non-hydrogen) atoms. The van der Waals surface area contributed by atoms with Gasteiger partial charge in [-0.25, -0.2) is 9.97 Å². The molecule has 4 nitrogen and oxygen atoms in total. The first kappa shape index (κ1) is 13.4. The van der Waals surface area contributed by atoms with E-state index in [1.807, 2.05) is 32.4 Å². The van der Waals surface area contributed by atoms with Gasteiger partial charge in [0.1, 0.15) is 6.33 Å². The van der Waals surface area contributed by atoms with Gasteiger partial charge < -0.3 is 4.57 Å². The molecular weight excluding hydrogens is 214 g/mol. The fraction of sp³-hybridized carbons (Fsp3) is 0.462. The van der Waals surface area contributed by atoms with Crippen LogP contribution in [-0.2, 0) is 7.05 Å². The predicted octanol–water partition coefficient (Wildman–Crippen LogP) is 2.54. The van der Waals surface area contributed by atoms with Crippen LogP contribution in [0.3, 0.4) is 0 Å². The van der Waals surface area contributed by atoms with Gasteiger partial charge >= 0.3 is 0 Å². The molecule has 0 radical (unpaired) electrons. The third-order valence-corrected chi connectivity index (χ3v) is 2.69. The molecule has 0 spiro atoms. The van der Waals surface area contributed by atoms with Crippen LogP contribution in [0.1, 0.15) is 41.5 Å². The van der Waals surface area contributed by atoms with Crippen molar-refractivity contribution in [3.05, 3.63) is 35.7 Å². The SMILES string of the molecule is CCCC(=O)c1c(C)c(C)ncnccn1C. The second-order valence-electron chi connectivity index (χ2n) is 4.03. The van der Waals surface area contributed by atoms with E-state index in [0.29, 0.717) is 12.1 Å². The fourth-order valence-corrected chi connectivity index (χ4v) is 1.66. The fourth-order valence-electron chi connectivity index (χ4n) is 1.66. The minimum absolute atomic E-state index is 0.147. The van der Waals surface area contributed by atoms with Crippen LogP contribution >= 0.6 is 0 Å². The minimum Gasteiger partial charge on any atom is -0.346 e. The van der Waals surface area contributed by atoms with Crippen LogP contribution in [-0.4, -0.2) is 20.3 Å². The van der Waals surface area contributed by atoms with Crippen molar-refractivity contribution < 1.29 is 4.79 Å². The summed E-state index contributed by atoms with van der Waals surface area (Å²) in [5.74, 6) is 0.147. The third kappa shape index (κ3) is 3.37. The quantitative estimate of drug-likeness (QED) is 0.754. The average molecular weight is 233 g/mol. The maximum absolute atomic E-state index is 12.1. The standard InChI is InChI=1S/C13H19N3O/c1-5-6-12(17)13-10(2)11(3)15-9-14-7-8-16(13)4/h7-9H,5-6H2,1-4H3. The Morgan fingerprint density at radius 1 is 1.41 bits per heavy atom. The van der Waals surface area contributed by atoms with E-state index in [1.54, 1.807) is 12.4 Å². The first-order chi connectivity index (χ1) is 8.07. The molecule has 4 heteroatoms. The molecule has 0 atom stereocenters. The Kier molecular flexibility index (Phi) is 4.82. The topological polar surface area (TPSA) is 47.8 Å². The lowest BCUT2D eigenvalue weighted by Gasteiger charge is -2.08. The number of rotatable bonds is 3. The monoisotopic (exact) mass is 233 g/mol. The Bertz CT molecular complexity index is 462. The molecular formula is C13H19N3O. The Morgan fingerprint density at radius 2 is 2.12 bits per heavy atom. The van der Waals surface area contributed by atoms with E-state index in [4.69, 9.17) is 0 Å². The summed E-state index contributed by atoms with van der Waals surface area (Å²) >= 11 is 0. The highest BCUT2D eigenvalue weighted by atomic mass is 16.1. The van der Waals surface area contributed by atoms with Gasteiger partial charge in [0.2, 0.25) is 0 Å². The zero-order valence-corrected chi connectivity index (χ0v) is 10.9. The van der Waals surface area contributed by atoms with Crippen molar-refractivity contribution in [2.45, 2.75) is 33.6 Å². The summed E-state index contributed by atoms with van der Waals surface area (Å²) in [6.07, 6.45) is 6.31. The summed E-state index contributed by atoms with van der Waals surface area (Å²) in [5, 5.41) is 0. The number of nitrogens with zero attached hydrogens (tertiary/aromatic N) is 3. The summed E-state index contributed by atoms with van der Waals surface area (Å²) in [7, 11) is 1.86. The van der Waals surface area contributed by atoms with Gasteiger partial charge in [0.05, 0.1) is 5.69 Å². The van der Waals surface area contributed by atoms with Crippen LogP contribution in [0.25, 0.3) is 0 Å². The molecule has 92 valence electrons. The van der Waals surface area contributed by atoms with Gasteiger partial charge in [0, 0.05) is 31.6 Å². The smallest absolute Gasteiger partial charge is 0.179 e. The van der Waals surface area contributed by atoms with Gasteiger partial charge in [0.25, 0.3) is 0 Å². The predicted molar refractivity (Wildman–Crippen MR) is 67.3 cm³/mol. The van der Waals surface area contributed by atoms with Crippen molar-refractivity contribution in [1.82, 2.24) is 14.5 Å². The molecule has 1 heterocycles. The Balaban J connectivity index is 3.52. The molecule has 0 aromatic carbocycles. The van der Waals surface area contributed by atoms with Crippen molar-refractivity contribution in [2.24, 2.45) is 7.05 Å². The number of carbonyl (C=O) groups excluding carboxylic acids is 1. The first-order valence-electron chi connectivity index (χ1n) is 5.78. The van der Waals surface area contributed by atoms with E-state index in [-0.39, 0.29) is 5.78 Å². The number of aryl methyl sites for hydroxylation is 2. The maximum Gasteiger partial charge on any atom is 0.179 e. The molecule has 0 aliphatic rings.